The Morgan fingerprint density at radius 3 is 2.17 bits per heavy atom. The van der Waals surface area contributed by atoms with Crippen LogP contribution in [0.25, 0.3) is 11.1 Å². The van der Waals surface area contributed by atoms with E-state index in [1.807, 2.05) is 68.4 Å². The quantitative estimate of drug-likeness (QED) is 0.219. The molecule has 0 heterocycles. The molecule has 0 aromatic heterocycles. The highest BCUT2D eigenvalue weighted by Gasteiger charge is 2.29. The van der Waals surface area contributed by atoms with Crippen molar-refractivity contribution < 1.29 is 14.4 Å². The molecular formula is C32H47N5O3. The molecule has 0 saturated carbocycles. The smallest absolute Gasteiger partial charge is 0.246 e. The number of nitrogens with two attached hydrogens (primary N) is 2. The van der Waals surface area contributed by atoms with Crippen LogP contribution in [0.1, 0.15) is 51.5 Å². The lowest BCUT2D eigenvalue weighted by atomic mass is 9.99. The molecule has 8 heteroatoms. The van der Waals surface area contributed by atoms with Gasteiger partial charge in [0.1, 0.15) is 6.04 Å². The van der Waals surface area contributed by atoms with E-state index in [1.54, 1.807) is 20.2 Å². The third kappa shape index (κ3) is 11.7. The third-order valence-electron chi connectivity index (χ3n) is 6.70. The summed E-state index contributed by atoms with van der Waals surface area (Å²) in [7, 11) is 3.22. The lowest BCUT2D eigenvalue weighted by Gasteiger charge is -2.30. The molecule has 0 aliphatic rings. The summed E-state index contributed by atoms with van der Waals surface area (Å²) in [6, 6.07) is 17.3. The molecule has 0 saturated heterocycles. The minimum absolute atomic E-state index is 0.0791. The van der Waals surface area contributed by atoms with Crippen molar-refractivity contribution in [3.8, 4) is 11.1 Å². The molecule has 0 radical (unpaired) electrons. The predicted molar refractivity (Wildman–Crippen MR) is 162 cm³/mol. The van der Waals surface area contributed by atoms with Gasteiger partial charge in [0.15, 0.2) is 0 Å². The average Bonchev–Trinajstić information content (AvgIpc) is 2.93. The summed E-state index contributed by atoms with van der Waals surface area (Å²) in [5, 5.41) is 2.88. The van der Waals surface area contributed by atoms with Gasteiger partial charge in [-0.3, -0.25) is 14.4 Å². The zero-order valence-electron chi connectivity index (χ0n) is 24.6. The van der Waals surface area contributed by atoms with Crippen LogP contribution in [0.3, 0.4) is 0 Å². The summed E-state index contributed by atoms with van der Waals surface area (Å²) in [5.74, 6) is -0.813. The number of hydrogen-bond acceptors (Lipinski definition) is 5. The highest BCUT2D eigenvalue weighted by molar-refractivity contribution is 5.94. The Hall–Kier alpha value is -3.49. The highest BCUT2D eigenvalue weighted by Crippen LogP contribution is 2.21. The summed E-state index contributed by atoms with van der Waals surface area (Å²) in [5.41, 5.74) is 14.2. The Morgan fingerprint density at radius 2 is 1.55 bits per heavy atom. The van der Waals surface area contributed by atoms with E-state index in [1.165, 1.54) is 15.9 Å². The summed E-state index contributed by atoms with van der Waals surface area (Å²) < 4.78 is 0. The van der Waals surface area contributed by atoms with E-state index < -0.39 is 11.6 Å². The topological polar surface area (TPSA) is 122 Å². The Balaban J connectivity index is 2.12. The van der Waals surface area contributed by atoms with Gasteiger partial charge in [-0.05, 0) is 62.4 Å². The van der Waals surface area contributed by atoms with Crippen LogP contribution in [-0.4, -0.2) is 72.8 Å². The number of carbonyl (C=O) groups excluding carboxylic acids is 3. The number of nitrogens with zero attached hydrogens (tertiary/aromatic N) is 2. The second-order valence-corrected chi connectivity index (χ2v) is 11.1. The monoisotopic (exact) mass is 549 g/mol. The lowest BCUT2D eigenvalue weighted by molar-refractivity contribution is -0.143. The summed E-state index contributed by atoms with van der Waals surface area (Å²) in [6.07, 6.45) is 7.93. The second kappa shape index (κ2) is 16.6. The van der Waals surface area contributed by atoms with Crippen molar-refractivity contribution in [2.24, 2.45) is 11.5 Å². The molecule has 2 aromatic rings. The molecule has 0 aliphatic heterocycles. The highest BCUT2D eigenvalue weighted by atomic mass is 16.2. The second-order valence-electron chi connectivity index (χ2n) is 11.1. The fraction of sp³-hybridized carbons (Fsp3) is 0.469. The molecule has 0 aliphatic carbocycles. The Labute approximate surface area is 239 Å². The van der Waals surface area contributed by atoms with Gasteiger partial charge in [0.05, 0.1) is 6.54 Å². The van der Waals surface area contributed by atoms with Gasteiger partial charge >= 0.3 is 0 Å². The largest absolute Gasteiger partial charge is 0.355 e. The van der Waals surface area contributed by atoms with E-state index in [2.05, 4.69) is 5.32 Å². The molecule has 5 N–H and O–H groups in total. The molecule has 218 valence electrons. The molecule has 0 spiro atoms. The van der Waals surface area contributed by atoms with E-state index in [0.29, 0.717) is 25.9 Å². The minimum atomic E-state index is -0.778. The summed E-state index contributed by atoms with van der Waals surface area (Å²) in [6.45, 7) is 4.93. The van der Waals surface area contributed by atoms with Crippen molar-refractivity contribution >= 4 is 17.7 Å². The molecular weight excluding hydrogens is 502 g/mol. The van der Waals surface area contributed by atoms with Crippen molar-refractivity contribution in [3.63, 3.8) is 0 Å². The van der Waals surface area contributed by atoms with Gasteiger partial charge in [0.25, 0.3) is 0 Å². The molecule has 0 fully saturated rings. The zero-order chi connectivity index (χ0) is 29.5. The maximum absolute atomic E-state index is 13.6. The maximum atomic E-state index is 13.6. The van der Waals surface area contributed by atoms with Crippen LogP contribution >= 0.6 is 0 Å². The van der Waals surface area contributed by atoms with E-state index in [0.717, 1.165) is 42.4 Å². The molecule has 3 amide bonds. The summed E-state index contributed by atoms with van der Waals surface area (Å²) in [4.78, 5) is 42.0. The van der Waals surface area contributed by atoms with E-state index in [4.69, 9.17) is 11.5 Å². The van der Waals surface area contributed by atoms with Gasteiger partial charge in [-0.25, -0.2) is 0 Å². The van der Waals surface area contributed by atoms with Crippen LogP contribution in [0.15, 0.2) is 66.7 Å². The molecule has 2 rings (SSSR count). The van der Waals surface area contributed by atoms with Crippen LogP contribution < -0.4 is 16.8 Å². The Morgan fingerprint density at radius 1 is 0.925 bits per heavy atom. The van der Waals surface area contributed by atoms with Crippen molar-refractivity contribution in [2.75, 3.05) is 33.7 Å². The van der Waals surface area contributed by atoms with Gasteiger partial charge in [0, 0.05) is 32.6 Å². The number of likely N-dealkylation sites (N-methyl/N-ethyl adjacent to an activating group) is 2. The van der Waals surface area contributed by atoms with Crippen LogP contribution in [-0.2, 0) is 20.8 Å². The SMILES string of the molecule is CN(CC(=O)NCCCCCCN)C(=O)C(Cc1ccc(-c2ccccc2)cc1)N(C)C(=O)/C=C/CC(C)(C)N. The predicted octanol–water partition coefficient (Wildman–Crippen LogP) is 3.50. The first-order valence-electron chi connectivity index (χ1n) is 14.1. The van der Waals surface area contributed by atoms with Crippen molar-refractivity contribution in [1.29, 1.82) is 0 Å². The van der Waals surface area contributed by atoms with Crippen LogP contribution in [0.2, 0.25) is 0 Å². The average molecular weight is 550 g/mol. The number of rotatable bonds is 16. The molecule has 8 nitrogen and oxygen atoms in total. The van der Waals surface area contributed by atoms with E-state index in [-0.39, 0.29) is 24.3 Å². The Kier molecular flexibility index (Phi) is 13.6. The van der Waals surface area contributed by atoms with Gasteiger partial charge in [-0.1, -0.05) is 73.5 Å². The maximum Gasteiger partial charge on any atom is 0.246 e. The van der Waals surface area contributed by atoms with Crippen LogP contribution in [0, 0.1) is 0 Å². The van der Waals surface area contributed by atoms with E-state index in [9.17, 15) is 14.4 Å². The molecule has 1 unspecified atom stereocenters. The lowest BCUT2D eigenvalue weighted by Crippen LogP contribution is -2.51. The van der Waals surface area contributed by atoms with E-state index >= 15 is 0 Å². The number of nitrogens with one attached hydrogen (secondary N) is 1. The standard InChI is InChI=1S/C32H47N5O3/c1-32(2,34)20-12-15-30(39)37(4)28(23-25-16-18-27(19-17-25)26-13-8-7-9-14-26)31(40)36(3)24-29(38)35-22-11-6-5-10-21-33/h7-9,12-19,28H,5-6,10-11,20-24,33-34H2,1-4H3,(H,35,38)/b15-12+. The normalized spacial score (nSPS) is 12.2. The summed E-state index contributed by atoms with van der Waals surface area (Å²) >= 11 is 0. The Bertz CT molecular complexity index is 1090. The fourth-order valence-corrected chi connectivity index (χ4v) is 4.27. The number of carbonyl (C=O) groups is 3. The fourth-order valence-electron chi connectivity index (χ4n) is 4.27. The first-order valence-corrected chi connectivity index (χ1v) is 14.1. The number of benzene rings is 2. The first kappa shape index (κ1) is 32.7. The van der Waals surface area contributed by atoms with Crippen LogP contribution in [0.5, 0.6) is 0 Å². The van der Waals surface area contributed by atoms with Crippen molar-refractivity contribution in [3.05, 3.63) is 72.3 Å². The molecule has 2 aromatic carbocycles. The minimum Gasteiger partial charge on any atom is -0.355 e. The zero-order valence-corrected chi connectivity index (χ0v) is 24.6. The molecule has 0 bridgehead atoms. The van der Waals surface area contributed by atoms with Gasteiger partial charge in [-0.15, -0.1) is 0 Å². The third-order valence-corrected chi connectivity index (χ3v) is 6.70. The van der Waals surface area contributed by atoms with Gasteiger partial charge in [-0.2, -0.15) is 0 Å². The van der Waals surface area contributed by atoms with Crippen molar-refractivity contribution in [2.45, 2.75) is 64.0 Å². The number of unbranched alkanes of at least 4 members (excludes halogenated alkanes) is 3. The number of hydrogen-bond donors (Lipinski definition) is 3. The molecule has 40 heavy (non-hydrogen) atoms. The van der Waals surface area contributed by atoms with Gasteiger partial charge < -0.3 is 26.6 Å². The van der Waals surface area contributed by atoms with Crippen LogP contribution in [0.4, 0.5) is 0 Å². The molecule has 1 atom stereocenters. The van der Waals surface area contributed by atoms with Gasteiger partial charge in [0.2, 0.25) is 17.7 Å². The first-order chi connectivity index (χ1) is 19.0. The number of amides is 3. The van der Waals surface area contributed by atoms with Crippen molar-refractivity contribution in [1.82, 2.24) is 15.1 Å².